The predicted octanol–water partition coefficient (Wildman–Crippen LogP) is 3.04. The van der Waals surface area contributed by atoms with Gasteiger partial charge in [-0.25, -0.2) is 14.3 Å². The molecule has 0 bridgehead atoms. The van der Waals surface area contributed by atoms with E-state index in [1.807, 2.05) is 18.2 Å². The van der Waals surface area contributed by atoms with Gasteiger partial charge in [-0.05, 0) is 37.4 Å². The minimum absolute atomic E-state index is 0.124. The van der Waals surface area contributed by atoms with E-state index >= 15 is 0 Å². The molecule has 12 heteroatoms. The number of nitrogens with one attached hydrogen (secondary N) is 1. The molecule has 1 N–H and O–H groups in total. The van der Waals surface area contributed by atoms with Crippen LogP contribution in [0, 0.1) is 0 Å². The van der Waals surface area contributed by atoms with Crippen molar-refractivity contribution in [2.75, 3.05) is 43.5 Å². The Balaban J connectivity index is 1.38. The van der Waals surface area contributed by atoms with Crippen LogP contribution in [0.1, 0.15) is 0 Å². The third-order valence-corrected chi connectivity index (χ3v) is 7.41. The van der Waals surface area contributed by atoms with Gasteiger partial charge in [0, 0.05) is 38.6 Å². The van der Waals surface area contributed by atoms with E-state index in [0.29, 0.717) is 12.6 Å². The number of anilines is 3. The summed E-state index contributed by atoms with van der Waals surface area (Å²) in [7, 11) is 3.65. The summed E-state index contributed by atoms with van der Waals surface area (Å²) < 4.78 is 8.21. The van der Waals surface area contributed by atoms with Gasteiger partial charge >= 0.3 is 5.69 Å². The van der Waals surface area contributed by atoms with Crippen LogP contribution in [0.5, 0.6) is 5.75 Å². The first-order valence-corrected chi connectivity index (χ1v) is 12.5. The number of aryl methyl sites for hydroxylation is 1. The Morgan fingerprint density at radius 2 is 1.86 bits per heavy atom. The summed E-state index contributed by atoms with van der Waals surface area (Å²) in [5.74, 6) is 1.09. The second-order valence-electron chi connectivity index (χ2n) is 9.21. The zero-order valence-corrected chi connectivity index (χ0v) is 21.6. The molecule has 1 atom stereocenters. The molecule has 2 aromatic heterocycles. The topological polar surface area (TPSA) is 97.5 Å². The summed E-state index contributed by atoms with van der Waals surface area (Å²) in [6.07, 6.45) is 1.39. The standard InChI is InChI=1S/C25H23Cl2N7O3/c1-31-8-9-33-15(12-31)13-37-20-7-6-14(10-19(20)33)29-24-28-11-16-22(30-24)32(2)25(36)34(23(16)35)21-17(26)4-3-5-18(21)27/h3-7,10-11,15H,8-9,12-13H2,1-2H3,(H,28,29,30)/t15-/m0/s1. The van der Waals surface area contributed by atoms with Gasteiger partial charge < -0.3 is 19.9 Å². The minimum Gasteiger partial charge on any atom is -0.489 e. The molecule has 0 radical (unpaired) electrons. The molecule has 10 nitrogen and oxygen atoms in total. The molecule has 4 heterocycles. The van der Waals surface area contributed by atoms with Gasteiger partial charge in [0.25, 0.3) is 5.56 Å². The van der Waals surface area contributed by atoms with Crippen LogP contribution >= 0.6 is 23.2 Å². The van der Waals surface area contributed by atoms with Crippen molar-refractivity contribution in [1.29, 1.82) is 0 Å². The molecule has 4 aromatic rings. The highest BCUT2D eigenvalue weighted by Crippen LogP contribution is 2.37. The fourth-order valence-electron chi connectivity index (χ4n) is 4.91. The van der Waals surface area contributed by atoms with E-state index in [-0.39, 0.29) is 32.7 Å². The lowest BCUT2D eigenvalue weighted by atomic mass is 10.1. The van der Waals surface area contributed by atoms with E-state index in [2.05, 4.69) is 32.1 Å². The number of piperazine rings is 1. The largest absolute Gasteiger partial charge is 0.489 e. The zero-order chi connectivity index (χ0) is 25.8. The van der Waals surface area contributed by atoms with E-state index < -0.39 is 11.2 Å². The Morgan fingerprint density at radius 3 is 2.65 bits per heavy atom. The van der Waals surface area contributed by atoms with Crippen LogP contribution < -0.4 is 26.2 Å². The van der Waals surface area contributed by atoms with Crippen molar-refractivity contribution in [3.8, 4) is 11.4 Å². The van der Waals surface area contributed by atoms with Crippen LogP contribution in [-0.4, -0.2) is 63.3 Å². The Bertz CT molecular complexity index is 1650. The number of ether oxygens (including phenoxy) is 1. The number of hydrogen-bond acceptors (Lipinski definition) is 8. The molecular weight excluding hydrogens is 517 g/mol. The molecule has 1 saturated heterocycles. The number of rotatable bonds is 3. The van der Waals surface area contributed by atoms with Crippen LogP contribution in [0.15, 0.2) is 52.2 Å². The van der Waals surface area contributed by atoms with E-state index in [4.69, 9.17) is 27.9 Å². The number of likely N-dealkylation sites (N-methyl/N-ethyl adjacent to an activating group) is 1. The van der Waals surface area contributed by atoms with Crippen molar-refractivity contribution in [3.63, 3.8) is 0 Å². The third-order valence-electron chi connectivity index (χ3n) is 6.80. The van der Waals surface area contributed by atoms with Crippen LogP contribution in [0.4, 0.5) is 17.3 Å². The number of fused-ring (bicyclic) bond motifs is 4. The molecule has 0 amide bonds. The van der Waals surface area contributed by atoms with Crippen LogP contribution in [0.25, 0.3) is 16.7 Å². The summed E-state index contributed by atoms with van der Waals surface area (Å²) in [6.45, 7) is 3.49. The molecule has 190 valence electrons. The summed E-state index contributed by atoms with van der Waals surface area (Å²) in [4.78, 5) is 40.0. The van der Waals surface area contributed by atoms with Crippen molar-refractivity contribution in [2.45, 2.75) is 6.04 Å². The summed E-state index contributed by atoms with van der Waals surface area (Å²) in [6, 6.07) is 10.9. The van der Waals surface area contributed by atoms with Crippen molar-refractivity contribution in [3.05, 3.63) is 73.5 Å². The van der Waals surface area contributed by atoms with Crippen molar-refractivity contribution in [2.24, 2.45) is 7.05 Å². The van der Waals surface area contributed by atoms with E-state index in [1.54, 1.807) is 18.2 Å². The highest BCUT2D eigenvalue weighted by atomic mass is 35.5. The molecule has 6 rings (SSSR count). The SMILES string of the molecule is CN1CCN2c3cc(Nc4ncc5c(=O)n(-c6c(Cl)cccc6Cl)c(=O)n(C)c5n4)ccc3OC[C@@H]2C1. The fraction of sp³-hybridized carbons (Fsp3) is 0.280. The maximum atomic E-state index is 13.3. The average molecular weight is 540 g/mol. The predicted molar refractivity (Wildman–Crippen MR) is 144 cm³/mol. The maximum absolute atomic E-state index is 13.3. The van der Waals surface area contributed by atoms with Gasteiger partial charge in [0.2, 0.25) is 5.95 Å². The van der Waals surface area contributed by atoms with Gasteiger partial charge in [-0.2, -0.15) is 4.98 Å². The first kappa shape index (κ1) is 23.8. The fourth-order valence-corrected chi connectivity index (χ4v) is 5.48. The second-order valence-corrected chi connectivity index (χ2v) is 10.0. The summed E-state index contributed by atoms with van der Waals surface area (Å²) >= 11 is 12.6. The van der Waals surface area contributed by atoms with E-state index in [9.17, 15) is 9.59 Å². The average Bonchev–Trinajstić information content (AvgIpc) is 2.88. The molecule has 2 aromatic carbocycles. The monoisotopic (exact) mass is 539 g/mol. The Hall–Kier alpha value is -3.60. The quantitative estimate of drug-likeness (QED) is 0.424. The van der Waals surface area contributed by atoms with Crippen molar-refractivity contribution in [1.82, 2.24) is 24.0 Å². The summed E-state index contributed by atoms with van der Waals surface area (Å²) in [5, 5.41) is 3.72. The third kappa shape index (κ3) is 4.01. The first-order valence-electron chi connectivity index (χ1n) is 11.7. The van der Waals surface area contributed by atoms with Crippen molar-refractivity contribution < 1.29 is 4.74 Å². The van der Waals surface area contributed by atoms with Gasteiger partial charge in [0.05, 0.1) is 27.5 Å². The first-order chi connectivity index (χ1) is 17.8. The zero-order valence-electron chi connectivity index (χ0n) is 20.1. The van der Waals surface area contributed by atoms with Crippen LogP contribution in [0.2, 0.25) is 10.0 Å². The molecule has 0 unspecified atom stereocenters. The minimum atomic E-state index is -0.621. The highest BCUT2D eigenvalue weighted by molar-refractivity contribution is 6.37. The molecule has 2 aliphatic rings. The number of halogens is 2. The second kappa shape index (κ2) is 9.05. The maximum Gasteiger partial charge on any atom is 0.337 e. The van der Waals surface area contributed by atoms with Gasteiger partial charge in [-0.15, -0.1) is 0 Å². The summed E-state index contributed by atoms with van der Waals surface area (Å²) in [5.41, 5.74) is 0.867. The smallest absolute Gasteiger partial charge is 0.337 e. The van der Waals surface area contributed by atoms with Gasteiger partial charge in [0.15, 0.2) is 5.65 Å². The normalized spacial score (nSPS) is 17.3. The van der Waals surface area contributed by atoms with E-state index in [1.165, 1.54) is 17.8 Å². The molecule has 0 aliphatic carbocycles. The Kier molecular flexibility index (Phi) is 5.82. The Labute approximate surface area is 221 Å². The number of hydrogen-bond donors (Lipinski definition) is 1. The van der Waals surface area contributed by atoms with Crippen molar-refractivity contribution >= 4 is 51.6 Å². The van der Waals surface area contributed by atoms with Gasteiger partial charge in [-0.3, -0.25) is 9.36 Å². The molecule has 1 fully saturated rings. The van der Waals surface area contributed by atoms with Crippen LogP contribution in [-0.2, 0) is 7.05 Å². The number of nitrogens with zero attached hydrogens (tertiary/aromatic N) is 6. The lowest BCUT2D eigenvalue weighted by Gasteiger charge is -2.44. The molecule has 37 heavy (non-hydrogen) atoms. The molecule has 0 spiro atoms. The van der Waals surface area contributed by atoms with E-state index in [0.717, 1.165) is 41.3 Å². The highest BCUT2D eigenvalue weighted by Gasteiger charge is 2.32. The number of benzene rings is 2. The lowest BCUT2D eigenvalue weighted by Crippen LogP contribution is -2.56. The molecular formula is C25H23Cl2N7O3. The number of para-hydroxylation sites is 1. The lowest BCUT2D eigenvalue weighted by molar-refractivity contribution is 0.188. The number of aromatic nitrogens is 4. The van der Waals surface area contributed by atoms with Gasteiger partial charge in [-0.1, -0.05) is 29.3 Å². The Morgan fingerprint density at radius 1 is 1.08 bits per heavy atom. The molecule has 2 aliphatic heterocycles. The molecule has 0 saturated carbocycles. The van der Waals surface area contributed by atoms with Crippen LogP contribution in [0.3, 0.4) is 0 Å². The van der Waals surface area contributed by atoms with Gasteiger partial charge in [0.1, 0.15) is 17.7 Å².